The maximum atomic E-state index is 13.9. The van der Waals surface area contributed by atoms with Gasteiger partial charge in [-0.1, -0.05) is 12.1 Å². The number of halogens is 1. The Labute approximate surface area is 140 Å². The van der Waals surface area contributed by atoms with Gasteiger partial charge in [-0.25, -0.2) is 12.8 Å². The number of sulfonamides is 1. The first kappa shape index (κ1) is 16.3. The van der Waals surface area contributed by atoms with Gasteiger partial charge in [0, 0.05) is 13.1 Å². The third kappa shape index (κ3) is 3.34. The van der Waals surface area contributed by atoms with Gasteiger partial charge in [-0.15, -0.1) is 0 Å². The van der Waals surface area contributed by atoms with E-state index in [9.17, 15) is 12.8 Å². The van der Waals surface area contributed by atoms with Crippen LogP contribution in [0, 0.1) is 17.1 Å². The number of nitrogens with zero attached hydrogens (tertiary/aromatic N) is 2. The number of benzene rings is 2. The van der Waals surface area contributed by atoms with Crippen LogP contribution < -0.4 is 9.62 Å². The number of nitrogens with one attached hydrogen (secondary N) is 1. The summed E-state index contributed by atoms with van der Waals surface area (Å²) in [6, 6.07) is 13.3. The monoisotopic (exact) mass is 345 g/mol. The molecular weight excluding hydrogens is 329 g/mol. The van der Waals surface area contributed by atoms with Crippen molar-refractivity contribution in [3.05, 3.63) is 59.4 Å². The summed E-state index contributed by atoms with van der Waals surface area (Å²) in [5.41, 5.74) is 2.04. The van der Waals surface area contributed by atoms with Gasteiger partial charge in [-0.05, 0) is 42.3 Å². The largest absolute Gasteiger partial charge is 0.379 e. The van der Waals surface area contributed by atoms with E-state index in [2.05, 4.69) is 5.32 Å². The van der Waals surface area contributed by atoms with Crippen LogP contribution in [0.25, 0.3) is 0 Å². The Hall–Kier alpha value is -2.59. The van der Waals surface area contributed by atoms with Crippen molar-refractivity contribution < 1.29 is 12.8 Å². The molecule has 0 aliphatic carbocycles. The molecule has 0 radical (unpaired) electrons. The zero-order chi connectivity index (χ0) is 17.2. The molecule has 24 heavy (non-hydrogen) atoms. The molecule has 3 rings (SSSR count). The van der Waals surface area contributed by atoms with Gasteiger partial charge in [-0.2, -0.15) is 5.26 Å². The molecule has 0 bridgehead atoms. The second-order valence-electron chi connectivity index (χ2n) is 5.57. The van der Waals surface area contributed by atoms with E-state index in [0.29, 0.717) is 30.9 Å². The lowest BCUT2D eigenvalue weighted by atomic mass is 10.1. The molecule has 1 aliphatic heterocycles. The van der Waals surface area contributed by atoms with E-state index in [-0.39, 0.29) is 11.3 Å². The highest BCUT2D eigenvalue weighted by Gasteiger charge is 2.28. The molecule has 2 aromatic carbocycles. The van der Waals surface area contributed by atoms with Crippen molar-refractivity contribution >= 4 is 21.4 Å². The first-order chi connectivity index (χ1) is 11.5. The molecule has 1 saturated heterocycles. The number of hydrogen-bond acceptors (Lipinski definition) is 4. The highest BCUT2D eigenvalue weighted by Crippen LogP contribution is 2.25. The lowest BCUT2D eigenvalue weighted by Crippen LogP contribution is -2.25. The second kappa shape index (κ2) is 6.49. The summed E-state index contributed by atoms with van der Waals surface area (Å²) < 4.78 is 39.3. The Morgan fingerprint density at radius 2 is 2.08 bits per heavy atom. The molecule has 1 heterocycles. The minimum atomic E-state index is -3.22. The van der Waals surface area contributed by atoms with Crippen LogP contribution in [0.4, 0.5) is 15.8 Å². The van der Waals surface area contributed by atoms with E-state index < -0.39 is 15.8 Å². The summed E-state index contributed by atoms with van der Waals surface area (Å²) in [5.74, 6) is -0.321. The van der Waals surface area contributed by atoms with Crippen LogP contribution in [-0.2, 0) is 16.6 Å². The predicted molar refractivity (Wildman–Crippen MR) is 90.6 cm³/mol. The minimum absolute atomic E-state index is 0.173. The van der Waals surface area contributed by atoms with E-state index in [1.54, 1.807) is 24.3 Å². The quantitative estimate of drug-likeness (QED) is 0.925. The molecule has 0 unspecified atom stereocenters. The topological polar surface area (TPSA) is 73.2 Å². The molecule has 0 amide bonds. The SMILES string of the molecule is N#Cc1ccc(NCc2cccc(N3CCCS3(=O)=O)c2)c(F)c1. The standard InChI is InChI=1S/C17H16FN3O2S/c18-16-10-13(11-19)5-6-17(16)20-12-14-3-1-4-15(9-14)21-7-2-8-24(21,22)23/h1,3-6,9-10,20H,2,7-8,12H2. The number of anilines is 2. The van der Waals surface area contributed by atoms with E-state index in [0.717, 1.165) is 5.56 Å². The van der Waals surface area contributed by atoms with Gasteiger partial charge >= 0.3 is 0 Å². The summed E-state index contributed by atoms with van der Waals surface area (Å²) in [6.07, 6.45) is 0.626. The Morgan fingerprint density at radius 3 is 2.75 bits per heavy atom. The molecule has 5 nitrogen and oxygen atoms in total. The molecular formula is C17H16FN3O2S. The molecule has 0 aromatic heterocycles. The van der Waals surface area contributed by atoms with Crippen molar-refractivity contribution in [2.75, 3.05) is 21.9 Å². The third-order valence-electron chi connectivity index (χ3n) is 3.88. The fraction of sp³-hybridized carbons (Fsp3) is 0.235. The lowest BCUT2D eigenvalue weighted by Gasteiger charge is -2.18. The van der Waals surface area contributed by atoms with Crippen molar-refractivity contribution in [2.45, 2.75) is 13.0 Å². The van der Waals surface area contributed by atoms with Crippen LogP contribution in [0.5, 0.6) is 0 Å². The summed E-state index contributed by atoms with van der Waals surface area (Å²) in [5, 5.41) is 11.7. The Morgan fingerprint density at radius 1 is 1.25 bits per heavy atom. The van der Waals surface area contributed by atoms with Gasteiger partial charge in [0.15, 0.2) is 0 Å². The maximum absolute atomic E-state index is 13.9. The van der Waals surface area contributed by atoms with E-state index in [4.69, 9.17) is 5.26 Å². The van der Waals surface area contributed by atoms with Gasteiger partial charge in [0.05, 0.1) is 28.8 Å². The first-order valence-corrected chi connectivity index (χ1v) is 9.13. The summed E-state index contributed by atoms with van der Waals surface area (Å²) in [4.78, 5) is 0. The van der Waals surface area contributed by atoms with Gasteiger partial charge in [-0.3, -0.25) is 4.31 Å². The Kier molecular flexibility index (Phi) is 4.40. The highest BCUT2D eigenvalue weighted by molar-refractivity contribution is 7.93. The molecule has 0 atom stereocenters. The van der Waals surface area contributed by atoms with E-state index >= 15 is 0 Å². The summed E-state index contributed by atoms with van der Waals surface area (Å²) in [7, 11) is -3.22. The van der Waals surface area contributed by atoms with Crippen molar-refractivity contribution in [2.24, 2.45) is 0 Å². The number of rotatable bonds is 4. The van der Waals surface area contributed by atoms with Crippen molar-refractivity contribution in [1.82, 2.24) is 0 Å². The zero-order valence-corrected chi connectivity index (χ0v) is 13.7. The van der Waals surface area contributed by atoms with Gasteiger partial charge < -0.3 is 5.32 Å². The zero-order valence-electron chi connectivity index (χ0n) is 12.9. The predicted octanol–water partition coefficient (Wildman–Crippen LogP) is 2.85. The van der Waals surface area contributed by atoms with Gasteiger partial charge in [0.1, 0.15) is 5.82 Å². The fourth-order valence-corrected chi connectivity index (χ4v) is 4.23. The maximum Gasteiger partial charge on any atom is 0.235 e. The van der Waals surface area contributed by atoms with E-state index in [1.807, 2.05) is 12.1 Å². The molecule has 0 saturated carbocycles. The van der Waals surface area contributed by atoms with E-state index in [1.165, 1.54) is 16.4 Å². The van der Waals surface area contributed by atoms with Crippen molar-refractivity contribution in [3.8, 4) is 6.07 Å². The average Bonchev–Trinajstić information content (AvgIpc) is 2.93. The van der Waals surface area contributed by atoms with Crippen LogP contribution >= 0.6 is 0 Å². The van der Waals surface area contributed by atoms with Crippen LogP contribution in [0.15, 0.2) is 42.5 Å². The Bertz CT molecular complexity index is 906. The third-order valence-corrected chi connectivity index (χ3v) is 5.75. The average molecular weight is 345 g/mol. The molecule has 1 aliphatic rings. The van der Waals surface area contributed by atoms with Crippen LogP contribution in [-0.4, -0.2) is 20.7 Å². The van der Waals surface area contributed by atoms with Crippen LogP contribution in [0.1, 0.15) is 17.5 Å². The molecule has 0 spiro atoms. The van der Waals surface area contributed by atoms with Crippen LogP contribution in [0.2, 0.25) is 0 Å². The number of hydrogen-bond donors (Lipinski definition) is 1. The van der Waals surface area contributed by atoms with Gasteiger partial charge in [0.2, 0.25) is 10.0 Å². The Balaban J connectivity index is 1.75. The summed E-state index contributed by atoms with van der Waals surface area (Å²) in [6.45, 7) is 0.841. The number of nitriles is 1. The lowest BCUT2D eigenvalue weighted by molar-refractivity contribution is 0.599. The molecule has 1 N–H and O–H groups in total. The minimum Gasteiger partial charge on any atom is -0.379 e. The fourth-order valence-electron chi connectivity index (χ4n) is 2.68. The normalized spacial score (nSPS) is 15.9. The van der Waals surface area contributed by atoms with Crippen molar-refractivity contribution in [3.63, 3.8) is 0 Å². The second-order valence-corrected chi connectivity index (χ2v) is 7.58. The van der Waals surface area contributed by atoms with Gasteiger partial charge in [0.25, 0.3) is 0 Å². The molecule has 1 fully saturated rings. The molecule has 124 valence electrons. The first-order valence-electron chi connectivity index (χ1n) is 7.52. The summed E-state index contributed by atoms with van der Waals surface area (Å²) >= 11 is 0. The van der Waals surface area contributed by atoms with Crippen molar-refractivity contribution in [1.29, 1.82) is 5.26 Å². The molecule has 7 heteroatoms. The molecule has 2 aromatic rings. The smallest absolute Gasteiger partial charge is 0.235 e. The van der Waals surface area contributed by atoms with Crippen LogP contribution in [0.3, 0.4) is 0 Å². The highest BCUT2D eigenvalue weighted by atomic mass is 32.2.